The first-order valence-corrected chi connectivity index (χ1v) is 13.9. The number of ether oxygens (including phenoxy) is 1. The normalized spacial score (nSPS) is 14.5. The zero-order valence-corrected chi connectivity index (χ0v) is 23.2. The predicted molar refractivity (Wildman–Crippen MR) is 153 cm³/mol. The van der Waals surface area contributed by atoms with Crippen LogP contribution in [0.5, 0.6) is 5.75 Å². The lowest BCUT2D eigenvalue weighted by atomic mass is 9.94. The molecule has 0 spiro atoms. The first-order valence-electron chi connectivity index (χ1n) is 13.2. The smallest absolute Gasteiger partial charge is 0.261 e. The van der Waals surface area contributed by atoms with E-state index in [0.29, 0.717) is 22.2 Å². The third kappa shape index (κ3) is 7.75. The van der Waals surface area contributed by atoms with Gasteiger partial charge in [-0.25, -0.2) is 0 Å². The summed E-state index contributed by atoms with van der Waals surface area (Å²) in [5.74, 6) is 0.214. The number of aryl methyl sites for hydroxylation is 1. The molecule has 1 aliphatic carbocycles. The quantitative estimate of drug-likeness (QED) is 0.302. The summed E-state index contributed by atoms with van der Waals surface area (Å²) >= 11 is 12.4. The van der Waals surface area contributed by atoms with Gasteiger partial charge >= 0.3 is 0 Å². The van der Waals surface area contributed by atoms with Gasteiger partial charge in [0, 0.05) is 19.0 Å². The van der Waals surface area contributed by atoms with Crippen LogP contribution in [-0.4, -0.2) is 35.4 Å². The number of nitrogens with one attached hydrogen (secondary N) is 1. The van der Waals surface area contributed by atoms with Gasteiger partial charge in [0.25, 0.3) is 5.91 Å². The summed E-state index contributed by atoms with van der Waals surface area (Å²) in [4.78, 5) is 29.2. The zero-order valence-electron chi connectivity index (χ0n) is 21.7. The Bertz CT molecular complexity index is 1230. The van der Waals surface area contributed by atoms with E-state index < -0.39 is 6.04 Å². The standard InChI is InChI=1S/C31H34Cl2N2O3/c1-22-10-8-9-15-29(22)38-21-30(36)35(20-24-16-17-26(32)27(33)18-24)28(19-23-11-4-2-5-12-23)31(37)34-25-13-6-3-7-14-25/h2,4-5,8-12,15-18,25,28H,3,6-7,13-14,19-21H2,1H3,(H,34,37)/t28-/m1/s1. The first kappa shape index (κ1) is 28.0. The van der Waals surface area contributed by atoms with E-state index in [9.17, 15) is 9.59 Å². The molecule has 1 atom stereocenters. The highest BCUT2D eigenvalue weighted by molar-refractivity contribution is 6.42. The lowest BCUT2D eigenvalue weighted by Crippen LogP contribution is -2.53. The fourth-order valence-corrected chi connectivity index (χ4v) is 5.19. The molecule has 0 heterocycles. The minimum Gasteiger partial charge on any atom is -0.484 e. The highest BCUT2D eigenvalue weighted by Crippen LogP contribution is 2.25. The summed E-state index contributed by atoms with van der Waals surface area (Å²) in [5, 5.41) is 4.08. The molecule has 1 aliphatic rings. The lowest BCUT2D eigenvalue weighted by Gasteiger charge is -2.33. The molecule has 3 aromatic rings. The van der Waals surface area contributed by atoms with Crippen LogP contribution in [0.4, 0.5) is 0 Å². The monoisotopic (exact) mass is 552 g/mol. The van der Waals surface area contributed by atoms with Gasteiger partial charge in [0.2, 0.25) is 5.91 Å². The Morgan fingerprint density at radius 1 is 0.921 bits per heavy atom. The molecule has 0 unspecified atom stereocenters. The SMILES string of the molecule is Cc1ccccc1OCC(=O)N(Cc1ccc(Cl)c(Cl)c1)[C@H](Cc1ccccc1)C(=O)NC1CCCCC1. The summed E-state index contributed by atoms with van der Waals surface area (Å²) < 4.78 is 5.92. The molecule has 5 nitrogen and oxygen atoms in total. The highest BCUT2D eigenvalue weighted by atomic mass is 35.5. The fourth-order valence-electron chi connectivity index (χ4n) is 4.87. The molecule has 0 radical (unpaired) electrons. The number of halogens is 2. The zero-order chi connectivity index (χ0) is 26.9. The summed E-state index contributed by atoms with van der Waals surface area (Å²) in [7, 11) is 0. The molecule has 38 heavy (non-hydrogen) atoms. The number of nitrogens with zero attached hydrogens (tertiary/aromatic N) is 1. The van der Waals surface area contributed by atoms with Gasteiger partial charge in [-0.05, 0) is 54.7 Å². The van der Waals surface area contributed by atoms with Crippen LogP contribution in [0.15, 0.2) is 72.8 Å². The van der Waals surface area contributed by atoms with E-state index in [0.717, 1.165) is 42.4 Å². The Morgan fingerprint density at radius 2 is 1.63 bits per heavy atom. The van der Waals surface area contributed by atoms with Crippen molar-refractivity contribution < 1.29 is 14.3 Å². The Kier molecular flexibility index (Phi) is 10.1. The average Bonchev–Trinajstić information content (AvgIpc) is 2.93. The van der Waals surface area contributed by atoms with Crippen molar-refractivity contribution >= 4 is 35.0 Å². The number of carbonyl (C=O) groups excluding carboxylic acids is 2. The molecule has 1 fully saturated rings. The van der Waals surface area contributed by atoms with E-state index in [1.165, 1.54) is 6.42 Å². The lowest BCUT2D eigenvalue weighted by molar-refractivity contribution is -0.143. The van der Waals surface area contributed by atoms with Crippen molar-refractivity contribution in [2.24, 2.45) is 0 Å². The van der Waals surface area contributed by atoms with Crippen LogP contribution in [0.3, 0.4) is 0 Å². The summed E-state index contributed by atoms with van der Waals surface area (Å²) in [5.41, 5.74) is 2.70. The second-order valence-corrected chi connectivity index (χ2v) is 10.7. The number of rotatable bonds is 10. The largest absolute Gasteiger partial charge is 0.484 e. The van der Waals surface area contributed by atoms with Crippen molar-refractivity contribution in [1.82, 2.24) is 10.2 Å². The molecule has 1 saturated carbocycles. The topological polar surface area (TPSA) is 58.6 Å². The van der Waals surface area contributed by atoms with Crippen molar-refractivity contribution in [1.29, 1.82) is 0 Å². The maximum absolute atomic E-state index is 13.8. The van der Waals surface area contributed by atoms with Gasteiger partial charge in [-0.2, -0.15) is 0 Å². The van der Waals surface area contributed by atoms with E-state index in [1.54, 1.807) is 17.0 Å². The van der Waals surface area contributed by atoms with Gasteiger partial charge in [0.05, 0.1) is 10.0 Å². The third-order valence-corrected chi connectivity index (χ3v) is 7.74. The van der Waals surface area contributed by atoms with Crippen molar-refractivity contribution in [3.63, 3.8) is 0 Å². The molecule has 0 saturated heterocycles. The number of hydrogen-bond acceptors (Lipinski definition) is 3. The molecule has 0 bridgehead atoms. The maximum Gasteiger partial charge on any atom is 0.261 e. The number of para-hydroxylation sites is 1. The van der Waals surface area contributed by atoms with Crippen molar-refractivity contribution in [2.75, 3.05) is 6.61 Å². The Morgan fingerprint density at radius 3 is 2.34 bits per heavy atom. The first-order chi connectivity index (χ1) is 18.4. The van der Waals surface area contributed by atoms with Gasteiger partial charge < -0.3 is 15.0 Å². The molecule has 1 N–H and O–H groups in total. The van der Waals surface area contributed by atoms with Crippen LogP contribution in [0.2, 0.25) is 10.0 Å². The minimum absolute atomic E-state index is 0.125. The number of benzene rings is 3. The second kappa shape index (κ2) is 13.7. The number of hydrogen-bond donors (Lipinski definition) is 1. The molecule has 3 aromatic carbocycles. The van der Waals surface area contributed by atoms with Gasteiger partial charge in [-0.3, -0.25) is 9.59 Å². The van der Waals surface area contributed by atoms with Crippen LogP contribution in [-0.2, 0) is 22.6 Å². The molecule has 2 amide bonds. The van der Waals surface area contributed by atoms with E-state index in [4.69, 9.17) is 27.9 Å². The predicted octanol–water partition coefficient (Wildman–Crippen LogP) is 6.77. The van der Waals surface area contributed by atoms with Gasteiger partial charge in [-0.15, -0.1) is 0 Å². The van der Waals surface area contributed by atoms with Gasteiger partial charge in [-0.1, -0.05) is 97.1 Å². The van der Waals surface area contributed by atoms with Crippen LogP contribution in [0, 0.1) is 6.92 Å². The minimum atomic E-state index is -0.721. The summed E-state index contributed by atoms with van der Waals surface area (Å²) in [6.45, 7) is 1.94. The number of amides is 2. The molecule has 4 rings (SSSR count). The molecule has 0 aromatic heterocycles. The van der Waals surface area contributed by atoms with Crippen molar-refractivity contribution in [3.8, 4) is 5.75 Å². The maximum atomic E-state index is 13.8. The van der Waals surface area contributed by atoms with Crippen molar-refractivity contribution in [3.05, 3.63) is 99.5 Å². The molecule has 0 aliphatic heterocycles. The van der Waals surface area contributed by atoms with Crippen LogP contribution < -0.4 is 10.1 Å². The van der Waals surface area contributed by atoms with Crippen LogP contribution in [0.1, 0.15) is 48.8 Å². The average molecular weight is 554 g/mol. The van der Waals surface area contributed by atoms with E-state index >= 15 is 0 Å². The Balaban J connectivity index is 1.63. The molecule has 200 valence electrons. The summed E-state index contributed by atoms with van der Waals surface area (Å²) in [6.07, 6.45) is 5.70. The van der Waals surface area contributed by atoms with Gasteiger partial charge in [0.1, 0.15) is 11.8 Å². The fraction of sp³-hybridized carbons (Fsp3) is 0.355. The van der Waals surface area contributed by atoms with Crippen molar-refractivity contribution in [2.45, 2.75) is 64.1 Å². The third-order valence-electron chi connectivity index (χ3n) is 7.00. The van der Waals surface area contributed by atoms with Crippen LogP contribution >= 0.6 is 23.2 Å². The van der Waals surface area contributed by atoms with Gasteiger partial charge in [0.15, 0.2) is 6.61 Å². The Labute approximate surface area is 235 Å². The molecule has 7 heteroatoms. The Hall–Kier alpha value is -3.02. The summed E-state index contributed by atoms with van der Waals surface area (Å²) in [6, 6.07) is 22.0. The second-order valence-electron chi connectivity index (χ2n) is 9.87. The van der Waals surface area contributed by atoms with E-state index in [1.807, 2.05) is 67.6 Å². The molecular weight excluding hydrogens is 519 g/mol. The number of carbonyl (C=O) groups is 2. The van der Waals surface area contributed by atoms with E-state index in [-0.39, 0.29) is 31.0 Å². The van der Waals surface area contributed by atoms with E-state index in [2.05, 4.69) is 5.32 Å². The van der Waals surface area contributed by atoms with Crippen LogP contribution in [0.25, 0.3) is 0 Å². The highest BCUT2D eigenvalue weighted by Gasteiger charge is 2.32. The molecular formula is C31H34Cl2N2O3.